The molecule has 8 heteroatoms. The van der Waals surface area contributed by atoms with Crippen LogP contribution in [0.15, 0.2) is 58.8 Å². The van der Waals surface area contributed by atoms with Crippen molar-refractivity contribution >= 4 is 27.8 Å². The van der Waals surface area contributed by atoms with E-state index in [9.17, 15) is 25.4 Å². The fraction of sp³-hybridized carbons (Fsp3) is 0. The minimum Gasteiger partial charge on any atom is -0.507 e. The van der Waals surface area contributed by atoms with Crippen LogP contribution >= 0.6 is 0 Å². The van der Waals surface area contributed by atoms with Crippen LogP contribution in [0.5, 0.6) is 17.2 Å². The van der Waals surface area contributed by atoms with E-state index in [1.807, 2.05) is 0 Å². The van der Waals surface area contributed by atoms with Gasteiger partial charge in [-0.2, -0.15) is 0 Å². The molecule has 0 aromatic heterocycles. The fourth-order valence-electron chi connectivity index (χ4n) is 2.25. The van der Waals surface area contributed by atoms with Crippen LogP contribution in [-0.4, -0.2) is 20.2 Å². The van der Waals surface area contributed by atoms with Gasteiger partial charge in [0.2, 0.25) is 0 Å². The standard InChI is InChI=1S/C16H11N3O5/c20-13-8-15(22)16(11-4-2-1-3-10(11)13)18-17-12-6-5-9(19(23)24)7-14(12)21/h1-8,20-22H. The molecule has 8 nitrogen and oxygen atoms in total. The number of rotatable bonds is 3. The van der Waals surface area contributed by atoms with E-state index in [-0.39, 0.29) is 28.6 Å². The van der Waals surface area contributed by atoms with Gasteiger partial charge in [0.15, 0.2) is 0 Å². The van der Waals surface area contributed by atoms with Crippen LogP contribution in [0.1, 0.15) is 0 Å². The van der Waals surface area contributed by atoms with E-state index in [0.717, 1.165) is 12.1 Å². The average Bonchev–Trinajstić information content (AvgIpc) is 2.55. The molecule has 0 radical (unpaired) electrons. The highest BCUT2D eigenvalue weighted by molar-refractivity contribution is 5.99. The first-order valence-electron chi connectivity index (χ1n) is 6.80. The van der Waals surface area contributed by atoms with Crippen molar-refractivity contribution < 1.29 is 20.2 Å². The van der Waals surface area contributed by atoms with E-state index in [4.69, 9.17) is 0 Å². The lowest BCUT2D eigenvalue weighted by molar-refractivity contribution is -0.384. The molecule has 0 saturated carbocycles. The van der Waals surface area contributed by atoms with Gasteiger partial charge in [0.05, 0.1) is 11.0 Å². The molecule has 3 aromatic rings. The number of nitrogens with zero attached hydrogens (tertiary/aromatic N) is 3. The second kappa shape index (κ2) is 5.84. The monoisotopic (exact) mass is 325 g/mol. The topological polar surface area (TPSA) is 129 Å². The summed E-state index contributed by atoms with van der Waals surface area (Å²) in [5, 5.41) is 49.0. The normalized spacial score (nSPS) is 11.2. The summed E-state index contributed by atoms with van der Waals surface area (Å²) in [6.07, 6.45) is 0. The Morgan fingerprint density at radius 1 is 0.833 bits per heavy atom. The van der Waals surface area contributed by atoms with Crippen molar-refractivity contribution in [2.45, 2.75) is 0 Å². The Hall–Kier alpha value is -3.68. The molecular formula is C16H11N3O5. The molecule has 120 valence electrons. The van der Waals surface area contributed by atoms with Crippen LogP contribution in [0, 0.1) is 10.1 Å². The number of nitro groups is 1. The molecule has 3 rings (SSSR count). The van der Waals surface area contributed by atoms with Crippen molar-refractivity contribution in [2.75, 3.05) is 0 Å². The van der Waals surface area contributed by atoms with E-state index in [1.165, 1.54) is 12.1 Å². The third-order valence-corrected chi connectivity index (χ3v) is 3.40. The smallest absolute Gasteiger partial charge is 0.273 e. The first-order chi connectivity index (χ1) is 11.5. The maximum absolute atomic E-state index is 10.7. The minimum atomic E-state index is -0.639. The summed E-state index contributed by atoms with van der Waals surface area (Å²) in [4.78, 5) is 10.0. The fourth-order valence-corrected chi connectivity index (χ4v) is 2.25. The van der Waals surface area contributed by atoms with Gasteiger partial charge >= 0.3 is 0 Å². The van der Waals surface area contributed by atoms with Crippen molar-refractivity contribution in [3.63, 3.8) is 0 Å². The zero-order valence-corrected chi connectivity index (χ0v) is 12.1. The number of nitro benzene ring substituents is 1. The molecule has 0 saturated heterocycles. The van der Waals surface area contributed by atoms with Crippen LogP contribution in [0.3, 0.4) is 0 Å². The Morgan fingerprint density at radius 2 is 1.54 bits per heavy atom. The van der Waals surface area contributed by atoms with Crippen molar-refractivity contribution in [3.05, 3.63) is 58.6 Å². The number of aromatic hydroxyl groups is 3. The molecule has 0 spiro atoms. The Labute approximate surface area is 135 Å². The Morgan fingerprint density at radius 3 is 2.21 bits per heavy atom. The van der Waals surface area contributed by atoms with Crippen molar-refractivity contribution in [2.24, 2.45) is 10.2 Å². The summed E-state index contributed by atoms with van der Waals surface area (Å²) in [6.45, 7) is 0. The van der Waals surface area contributed by atoms with Crippen LogP contribution in [0.4, 0.5) is 17.1 Å². The minimum absolute atomic E-state index is 0.0113. The lowest BCUT2D eigenvalue weighted by atomic mass is 10.1. The van der Waals surface area contributed by atoms with Crippen LogP contribution in [0.2, 0.25) is 0 Å². The number of phenolic OH excluding ortho intramolecular Hbond substituents is 3. The molecule has 0 aliphatic heterocycles. The van der Waals surface area contributed by atoms with Gasteiger partial charge in [0.1, 0.15) is 28.6 Å². The van der Waals surface area contributed by atoms with Gasteiger partial charge in [-0.1, -0.05) is 24.3 Å². The first-order valence-corrected chi connectivity index (χ1v) is 6.80. The zero-order chi connectivity index (χ0) is 17.3. The van der Waals surface area contributed by atoms with Crippen LogP contribution < -0.4 is 0 Å². The summed E-state index contributed by atoms with van der Waals surface area (Å²) < 4.78 is 0. The number of fused-ring (bicyclic) bond motifs is 1. The van der Waals surface area contributed by atoms with Gasteiger partial charge in [-0.15, -0.1) is 10.2 Å². The highest BCUT2D eigenvalue weighted by atomic mass is 16.6. The van der Waals surface area contributed by atoms with E-state index < -0.39 is 10.7 Å². The van der Waals surface area contributed by atoms with Crippen molar-refractivity contribution in [3.8, 4) is 17.2 Å². The van der Waals surface area contributed by atoms with E-state index >= 15 is 0 Å². The number of hydrogen-bond acceptors (Lipinski definition) is 7. The first kappa shape index (κ1) is 15.2. The van der Waals surface area contributed by atoms with E-state index in [2.05, 4.69) is 10.2 Å². The summed E-state index contributed by atoms with van der Waals surface area (Å²) in [6, 6.07) is 11.3. The average molecular weight is 325 g/mol. The van der Waals surface area contributed by atoms with Crippen molar-refractivity contribution in [1.29, 1.82) is 0 Å². The Balaban J connectivity index is 2.07. The van der Waals surface area contributed by atoms with Crippen molar-refractivity contribution in [1.82, 2.24) is 0 Å². The lowest BCUT2D eigenvalue weighted by Gasteiger charge is -2.06. The summed E-state index contributed by atoms with van der Waals surface area (Å²) in [5.74, 6) is -0.785. The van der Waals surface area contributed by atoms with Gasteiger partial charge in [0.25, 0.3) is 5.69 Å². The highest BCUT2D eigenvalue weighted by Gasteiger charge is 2.12. The Bertz CT molecular complexity index is 985. The van der Waals surface area contributed by atoms with E-state index in [1.54, 1.807) is 24.3 Å². The van der Waals surface area contributed by atoms with Crippen LogP contribution in [-0.2, 0) is 0 Å². The summed E-state index contributed by atoms with van der Waals surface area (Å²) in [7, 11) is 0. The molecule has 0 aliphatic rings. The predicted octanol–water partition coefficient (Wildman–Crippen LogP) is 4.28. The summed E-state index contributed by atoms with van der Waals surface area (Å²) >= 11 is 0. The Kier molecular flexibility index (Phi) is 3.70. The predicted molar refractivity (Wildman–Crippen MR) is 86.2 cm³/mol. The molecule has 24 heavy (non-hydrogen) atoms. The number of azo groups is 1. The molecule has 0 amide bonds. The SMILES string of the molecule is O=[N+]([O-])c1ccc(N=Nc2c(O)cc(O)c3ccccc23)c(O)c1. The third-order valence-electron chi connectivity index (χ3n) is 3.40. The maximum atomic E-state index is 10.7. The van der Waals surface area contributed by atoms with Gasteiger partial charge in [0, 0.05) is 22.9 Å². The largest absolute Gasteiger partial charge is 0.507 e. The zero-order valence-electron chi connectivity index (χ0n) is 12.1. The molecule has 0 atom stereocenters. The maximum Gasteiger partial charge on any atom is 0.273 e. The highest BCUT2D eigenvalue weighted by Crippen LogP contribution is 2.41. The van der Waals surface area contributed by atoms with Gasteiger partial charge in [-0.3, -0.25) is 10.1 Å². The third kappa shape index (κ3) is 2.68. The van der Waals surface area contributed by atoms with Crippen LogP contribution in [0.25, 0.3) is 10.8 Å². The number of hydrogen-bond donors (Lipinski definition) is 3. The molecule has 0 heterocycles. The molecule has 0 bridgehead atoms. The number of benzene rings is 3. The lowest BCUT2D eigenvalue weighted by Crippen LogP contribution is -1.86. The van der Waals surface area contributed by atoms with Gasteiger partial charge < -0.3 is 15.3 Å². The van der Waals surface area contributed by atoms with Gasteiger partial charge in [-0.25, -0.2) is 0 Å². The van der Waals surface area contributed by atoms with Gasteiger partial charge in [-0.05, 0) is 6.07 Å². The summed E-state index contributed by atoms with van der Waals surface area (Å²) in [5.41, 5.74) is -0.150. The molecule has 0 aliphatic carbocycles. The molecule has 3 aromatic carbocycles. The molecule has 3 N–H and O–H groups in total. The quantitative estimate of drug-likeness (QED) is 0.376. The number of non-ortho nitro benzene ring substituents is 1. The second-order valence-electron chi connectivity index (χ2n) is 4.94. The second-order valence-corrected chi connectivity index (χ2v) is 4.94. The molecule has 0 fully saturated rings. The number of phenols is 3. The molecule has 0 unspecified atom stereocenters. The van der Waals surface area contributed by atoms with E-state index in [0.29, 0.717) is 10.8 Å². The molecular weight excluding hydrogens is 314 g/mol.